The number of anilines is 1. The van der Waals surface area contributed by atoms with Crippen LogP contribution in [0.3, 0.4) is 0 Å². The second-order valence-electron chi connectivity index (χ2n) is 8.46. The van der Waals surface area contributed by atoms with Crippen LogP contribution in [0.5, 0.6) is 0 Å². The Labute approximate surface area is 201 Å². The standard InChI is InChI=1S/C19H23N7O7S2/c20-34(27,28)32-17-8-12(7-16(17)31-33-35(21,29)30)14-9-24-26-18(14)22-10-23-19(26)25-15-6-5-11-3-1-2-4-13(11)15/h1-4,9-10,12,15-17H,5-8H2,(H2,20,27,28)(H2,21,29,30)(H,22,23,25)/t12-,15+,16+,17+/m1/s1. The summed E-state index contributed by atoms with van der Waals surface area (Å²) in [6.45, 7) is 0. The highest BCUT2D eigenvalue weighted by Gasteiger charge is 2.41. The normalized spacial score (nSPS) is 24.6. The number of nitrogens with zero attached hydrogens (tertiary/aromatic N) is 4. The maximum atomic E-state index is 11.5. The molecule has 5 rings (SSSR count). The minimum Gasteiger partial charge on any atom is -0.347 e. The Morgan fingerprint density at radius 2 is 1.77 bits per heavy atom. The summed E-state index contributed by atoms with van der Waals surface area (Å²) in [4.78, 5) is 13.6. The van der Waals surface area contributed by atoms with E-state index in [0.717, 1.165) is 12.8 Å². The van der Waals surface area contributed by atoms with Crippen molar-refractivity contribution in [1.82, 2.24) is 19.6 Å². The van der Waals surface area contributed by atoms with Crippen LogP contribution in [0.4, 0.5) is 5.95 Å². The summed E-state index contributed by atoms with van der Waals surface area (Å²) in [7, 11) is -8.77. The van der Waals surface area contributed by atoms with Crippen LogP contribution in [0.15, 0.2) is 36.8 Å². The molecule has 2 heterocycles. The van der Waals surface area contributed by atoms with E-state index in [-0.39, 0.29) is 24.8 Å². The summed E-state index contributed by atoms with van der Waals surface area (Å²) in [5.74, 6) is 0.145. The van der Waals surface area contributed by atoms with Gasteiger partial charge in [-0.25, -0.2) is 25.1 Å². The highest BCUT2D eigenvalue weighted by atomic mass is 32.2. The average molecular weight is 526 g/mol. The first-order valence-corrected chi connectivity index (χ1v) is 13.6. The number of hydrogen-bond donors (Lipinski definition) is 3. The number of nitrogens with two attached hydrogens (primary N) is 2. The number of aryl methyl sites for hydroxylation is 1. The van der Waals surface area contributed by atoms with Crippen molar-refractivity contribution in [3.63, 3.8) is 0 Å². The third-order valence-corrected chi connectivity index (χ3v) is 6.96. The molecule has 0 radical (unpaired) electrons. The minimum absolute atomic E-state index is 0.0733. The molecule has 14 nitrogen and oxygen atoms in total. The number of rotatable bonds is 8. The first kappa shape index (κ1) is 24.0. The zero-order valence-electron chi connectivity index (χ0n) is 18.2. The van der Waals surface area contributed by atoms with Gasteiger partial charge in [-0.2, -0.15) is 26.4 Å². The second kappa shape index (κ2) is 9.05. The van der Waals surface area contributed by atoms with Gasteiger partial charge >= 0.3 is 20.6 Å². The first-order valence-electron chi connectivity index (χ1n) is 10.7. The van der Waals surface area contributed by atoms with Gasteiger partial charge in [0.15, 0.2) is 5.65 Å². The summed E-state index contributed by atoms with van der Waals surface area (Å²) >= 11 is 0. The highest BCUT2D eigenvalue weighted by molar-refractivity contribution is 7.84. The molecular formula is C19H23N7O7S2. The van der Waals surface area contributed by atoms with Gasteiger partial charge in [-0.15, -0.1) is 0 Å². The Morgan fingerprint density at radius 3 is 2.54 bits per heavy atom. The van der Waals surface area contributed by atoms with Gasteiger partial charge in [0.05, 0.1) is 12.2 Å². The maximum absolute atomic E-state index is 11.5. The van der Waals surface area contributed by atoms with Crippen LogP contribution in [0.1, 0.15) is 47.9 Å². The molecule has 4 atom stereocenters. The van der Waals surface area contributed by atoms with Crippen LogP contribution < -0.4 is 15.6 Å². The van der Waals surface area contributed by atoms with E-state index in [0.29, 0.717) is 17.2 Å². The molecular weight excluding hydrogens is 502 g/mol. The Morgan fingerprint density at radius 1 is 1.00 bits per heavy atom. The summed E-state index contributed by atoms with van der Waals surface area (Å²) in [5.41, 5.74) is 3.67. The van der Waals surface area contributed by atoms with E-state index in [1.165, 1.54) is 17.5 Å². The third kappa shape index (κ3) is 5.27. The largest absolute Gasteiger partial charge is 0.359 e. The Balaban J connectivity index is 1.40. The van der Waals surface area contributed by atoms with Crippen LogP contribution >= 0.6 is 0 Å². The smallest absolute Gasteiger partial charge is 0.347 e. The van der Waals surface area contributed by atoms with Crippen LogP contribution in [-0.2, 0) is 40.4 Å². The first-order chi connectivity index (χ1) is 16.6. The molecule has 16 heteroatoms. The van der Waals surface area contributed by atoms with Gasteiger partial charge in [-0.3, -0.25) is 4.18 Å². The van der Waals surface area contributed by atoms with Gasteiger partial charge in [-0.1, -0.05) is 28.6 Å². The van der Waals surface area contributed by atoms with Crippen molar-refractivity contribution in [2.45, 2.75) is 49.9 Å². The fourth-order valence-electron chi connectivity index (χ4n) is 4.78. The predicted octanol–water partition coefficient (Wildman–Crippen LogP) is 0.210. The van der Waals surface area contributed by atoms with E-state index < -0.39 is 32.8 Å². The monoisotopic (exact) mass is 525 g/mol. The molecule has 1 aromatic carbocycles. The van der Waals surface area contributed by atoms with Crippen molar-refractivity contribution in [1.29, 1.82) is 0 Å². The molecule has 1 fully saturated rings. The molecule has 0 unspecified atom stereocenters. The molecule has 0 amide bonds. The quantitative estimate of drug-likeness (QED) is 0.268. The van der Waals surface area contributed by atoms with E-state index >= 15 is 0 Å². The Bertz CT molecular complexity index is 1460. The van der Waals surface area contributed by atoms with E-state index in [4.69, 9.17) is 19.3 Å². The summed E-state index contributed by atoms with van der Waals surface area (Å²) in [6, 6.07) is 8.28. The molecule has 188 valence electrons. The lowest BCUT2D eigenvalue weighted by molar-refractivity contribution is -0.252. The van der Waals surface area contributed by atoms with Gasteiger partial charge in [-0.05, 0) is 42.7 Å². The highest BCUT2D eigenvalue weighted by Crippen LogP contribution is 2.40. The molecule has 1 saturated carbocycles. The summed E-state index contributed by atoms with van der Waals surface area (Å²) in [5, 5.41) is 17.7. The Kier molecular flexibility index (Phi) is 6.20. The maximum Gasteiger partial charge on any atom is 0.359 e. The molecule has 2 aromatic heterocycles. The molecule has 0 bridgehead atoms. The number of fused-ring (bicyclic) bond motifs is 2. The number of benzene rings is 1. The summed E-state index contributed by atoms with van der Waals surface area (Å²) < 4.78 is 56.0. The van der Waals surface area contributed by atoms with E-state index in [1.54, 1.807) is 10.7 Å². The fraction of sp³-hybridized carbons (Fsp3) is 0.421. The molecule has 2 aliphatic rings. The lowest BCUT2D eigenvalue weighted by atomic mass is 10.0. The van der Waals surface area contributed by atoms with Crippen molar-refractivity contribution >= 4 is 32.2 Å². The molecule has 2 aliphatic carbocycles. The Hall–Kier alpha value is -2.73. The van der Waals surface area contributed by atoms with E-state index in [1.807, 2.05) is 12.1 Å². The van der Waals surface area contributed by atoms with Gasteiger partial charge in [0.1, 0.15) is 18.5 Å². The SMILES string of the molecule is NS(=O)(=O)OO[C@H]1C[C@@H](c2cnn3c(N[C@H]4CCc5ccccc54)ncnc23)C[C@@H]1OS(N)(=O)=O. The predicted molar refractivity (Wildman–Crippen MR) is 121 cm³/mol. The number of aromatic nitrogens is 4. The molecule has 5 N–H and O–H groups in total. The van der Waals surface area contributed by atoms with Crippen LogP contribution in [-0.4, -0.2) is 48.6 Å². The van der Waals surface area contributed by atoms with Crippen molar-refractivity contribution in [2.75, 3.05) is 5.32 Å². The molecule has 0 saturated heterocycles. The zero-order chi connectivity index (χ0) is 24.8. The zero-order valence-corrected chi connectivity index (χ0v) is 19.9. The molecule has 35 heavy (non-hydrogen) atoms. The van der Waals surface area contributed by atoms with Crippen LogP contribution in [0.2, 0.25) is 0 Å². The van der Waals surface area contributed by atoms with Gasteiger partial charge < -0.3 is 5.32 Å². The lowest BCUT2D eigenvalue weighted by Gasteiger charge is -2.16. The second-order valence-corrected chi connectivity index (χ2v) is 10.8. The minimum atomic E-state index is -4.43. The molecule has 0 spiro atoms. The van der Waals surface area contributed by atoms with Crippen molar-refractivity contribution < 1.29 is 30.2 Å². The van der Waals surface area contributed by atoms with Gasteiger partial charge in [0.2, 0.25) is 5.95 Å². The fourth-order valence-corrected chi connectivity index (χ4v) is 5.53. The van der Waals surface area contributed by atoms with Crippen molar-refractivity contribution in [3.05, 3.63) is 53.5 Å². The number of nitrogens with one attached hydrogen (secondary N) is 1. The molecule has 3 aromatic rings. The van der Waals surface area contributed by atoms with Crippen molar-refractivity contribution in [3.8, 4) is 0 Å². The van der Waals surface area contributed by atoms with Crippen LogP contribution in [0, 0.1) is 0 Å². The topological polar surface area (TPSA) is 203 Å². The van der Waals surface area contributed by atoms with Crippen molar-refractivity contribution in [2.24, 2.45) is 10.3 Å². The van der Waals surface area contributed by atoms with Gasteiger partial charge in [0, 0.05) is 5.56 Å². The van der Waals surface area contributed by atoms with E-state index in [9.17, 15) is 16.8 Å². The van der Waals surface area contributed by atoms with E-state index in [2.05, 4.69) is 36.8 Å². The number of hydrogen-bond acceptors (Lipinski definition) is 11. The van der Waals surface area contributed by atoms with Crippen LogP contribution in [0.25, 0.3) is 5.65 Å². The van der Waals surface area contributed by atoms with Gasteiger partial charge in [0.25, 0.3) is 0 Å². The lowest BCUT2D eigenvalue weighted by Crippen LogP contribution is -2.32. The third-order valence-electron chi connectivity index (χ3n) is 6.17. The average Bonchev–Trinajstić information content (AvgIpc) is 3.48. The molecule has 0 aliphatic heterocycles. The summed E-state index contributed by atoms with van der Waals surface area (Å²) in [6.07, 6.45) is 2.95.